The maximum Gasteiger partial charge on any atom is 0.266 e. The minimum atomic E-state index is -0.0569. The van der Waals surface area contributed by atoms with Crippen LogP contribution in [0, 0.1) is 5.92 Å². The standard InChI is InChI=1S/C30H29ClN4OS/c1-4-34-26(17-20(2)3)32-33-30(34)37-28-27(22-13-9-6-10-14-22)24-18-23(31)15-16-25(24)35(29(28)36)19-21-11-7-5-8-12-21/h5-16,18,20H,4,17,19H2,1-3H3. The summed E-state index contributed by atoms with van der Waals surface area (Å²) in [6.07, 6.45) is 0.832. The van der Waals surface area contributed by atoms with Crippen LogP contribution in [-0.2, 0) is 19.5 Å². The van der Waals surface area contributed by atoms with Gasteiger partial charge in [0.25, 0.3) is 5.56 Å². The van der Waals surface area contributed by atoms with E-state index < -0.39 is 0 Å². The molecular weight excluding hydrogens is 500 g/mol. The van der Waals surface area contributed by atoms with Gasteiger partial charge in [-0.1, -0.05) is 86.1 Å². The summed E-state index contributed by atoms with van der Waals surface area (Å²) in [4.78, 5) is 14.9. The van der Waals surface area contributed by atoms with Crippen molar-refractivity contribution >= 4 is 34.3 Å². The average molecular weight is 529 g/mol. The van der Waals surface area contributed by atoms with Crippen LogP contribution in [0.5, 0.6) is 0 Å². The minimum absolute atomic E-state index is 0.0569. The van der Waals surface area contributed by atoms with Gasteiger partial charge in [0.1, 0.15) is 5.82 Å². The van der Waals surface area contributed by atoms with Crippen LogP contribution in [-0.4, -0.2) is 19.3 Å². The normalized spacial score (nSPS) is 11.5. The Morgan fingerprint density at radius 2 is 1.62 bits per heavy atom. The molecule has 37 heavy (non-hydrogen) atoms. The number of nitrogens with zero attached hydrogens (tertiary/aromatic N) is 4. The summed E-state index contributed by atoms with van der Waals surface area (Å²) >= 11 is 7.91. The first-order valence-corrected chi connectivity index (χ1v) is 13.7. The van der Waals surface area contributed by atoms with E-state index in [0.29, 0.717) is 22.4 Å². The quantitative estimate of drug-likeness (QED) is 0.211. The highest BCUT2D eigenvalue weighted by atomic mass is 35.5. The van der Waals surface area contributed by atoms with Crippen molar-refractivity contribution < 1.29 is 0 Å². The van der Waals surface area contributed by atoms with Gasteiger partial charge in [0, 0.05) is 28.9 Å². The number of hydrogen-bond donors (Lipinski definition) is 0. The van der Waals surface area contributed by atoms with E-state index in [1.54, 1.807) is 0 Å². The zero-order valence-electron chi connectivity index (χ0n) is 21.2. The van der Waals surface area contributed by atoms with E-state index in [1.165, 1.54) is 11.8 Å². The van der Waals surface area contributed by atoms with Crippen LogP contribution in [0.3, 0.4) is 0 Å². The number of aromatic nitrogens is 4. The molecule has 7 heteroatoms. The number of pyridine rings is 1. The Bertz CT molecular complexity index is 1590. The zero-order valence-corrected chi connectivity index (χ0v) is 22.8. The van der Waals surface area contributed by atoms with Gasteiger partial charge in [-0.15, -0.1) is 10.2 Å². The molecule has 0 aliphatic carbocycles. The monoisotopic (exact) mass is 528 g/mol. The third kappa shape index (κ3) is 5.22. The number of fused-ring (bicyclic) bond motifs is 1. The van der Waals surface area contributed by atoms with Crippen molar-refractivity contribution in [3.05, 3.63) is 106 Å². The van der Waals surface area contributed by atoms with Crippen LogP contribution in [0.25, 0.3) is 22.0 Å². The summed E-state index contributed by atoms with van der Waals surface area (Å²) in [6, 6.07) is 25.8. The van der Waals surface area contributed by atoms with Crippen molar-refractivity contribution in [3.8, 4) is 11.1 Å². The molecule has 2 heterocycles. The fraction of sp³-hybridized carbons (Fsp3) is 0.233. The van der Waals surface area contributed by atoms with Crippen molar-refractivity contribution in [2.24, 2.45) is 5.92 Å². The van der Waals surface area contributed by atoms with Crippen molar-refractivity contribution in [2.45, 2.75) is 50.3 Å². The maximum absolute atomic E-state index is 14.3. The largest absolute Gasteiger partial charge is 0.306 e. The molecule has 0 aliphatic heterocycles. The first-order valence-electron chi connectivity index (χ1n) is 12.5. The van der Waals surface area contributed by atoms with Crippen molar-refractivity contribution in [2.75, 3.05) is 0 Å². The summed E-state index contributed by atoms with van der Waals surface area (Å²) in [5.41, 5.74) is 3.68. The second kappa shape index (κ2) is 11.0. The van der Waals surface area contributed by atoms with Crippen LogP contribution in [0.2, 0.25) is 5.02 Å². The lowest BCUT2D eigenvalue weighted by atomic mass is 10.0. The molecular formula is C30H29ClN4OS. The first kappa shape index (κ1) is 25.3. The van der Waals surface area contributed by atoms with Gasteiger partial charge < -0.3 is 9.13 Å². The molecule has 0 fully saturated rings. The van der Waals surface area contributed by atoms with Gasteiger partial charge in [-0.2, -0.15) is 0 Å². The number of rotatable bonds is 8. The molecule has 5 rings (SSSR count). The Morgan fingerprint density at radius 1 is 0.919 bits per heavy atom. The van der Waals surface area contributed by atoms with Gasteiger partial charge in [0.15, 0.2) is 5.16 Å². The lowest BCUT2D eigenvalue weighted by molar-refractivity contribution is 0.567. The second-order valence-electron chi connectivity index (χ2n) is 9.45. The topological polar surface area (TPSA) is 52.7 Å². The summed E-state index contributed by atoms with van der Waals surface area (Å²) in [5.74, 6) is 1.40. The van der Waals surface area contributed by atoms with Crippen LogP contribution >= 0.6 is 23.4 Å². The van der Waals surface area contributed by atoms with E-state index in [9.17, 15) is 4.79 Å². The van der Waals surface area contributed by atoms with E-state index >= 15 is 0 Å². The predicted molar refractivity (Wildman–Crippen MR) is 153 cm³/mol. The van der Waals surface area contributed by atoms with Crippen LogP contribution < -0.4 is 5.56 Å². The third-order valence-electron chi connectivity index (χ3n) is 6.33. The molecule has 0 amide bonds. The van der Waals surface area contributed by atoms with Gasteiger partial charge in [0.05, 0.1) is 17.0 Å². The minimum Gasteiger partial charge on any atom is -0.306 e. The predicted octanol–water partition coefficient (Wildman–Crippen LogP) is 7.33. The molecule has 5 aromatic rings. The Balaban J connectivity index is 1.78. The van der Waals surface area contributed by atoms with Crippen molar-refractivity contribution in [1.29, 1.82) is 0 Å². The zero-order chi connectivity index (χ0) is 25.9. The van der Waals surface area contributed by atoms with Crippen LogP contribution in [0.4, 0.5) is 0 Å². The van der Waals surface area contributed by atoms with Gasteiger partial charge in [-0.25, -0.2) is 0 Å². The molecule has 0 unspecified atom stereocenters. The SMILES string of the molecule is CCn1c(CC(C)C)nnc1Sc1c(-c2ccccc2)c2cc(Cl)ccc2n(Cc2ccccc2)c1=O. The summed E-state index contributed by atoms with van der Waals surface area (Å²) < 4.78 is 3.96. The molecule has 3 aromatic carbocycles. The van der Waals surface area contributed by atoms with E-state index in [0.717, 1.165) is 51.5 Å². The van der Waals surface area contributed by atoms with Crippen molar-refractivity contribution in [1.82, 2.24) is 19.3 Å². The second-order valence-corrected chi connectivity index (χ2v) is 10.9. The highest BCUT2D eigenvalue weighted by molar-refractivity contribution is 7.99. The molecule has 0 saturated carbocycles. The molecule has 0 N–H and O–H groups in total. The van der Waals surface area contributed by atoms with E-state index in [1.807, 2.05) is 83.4 Å². The summed E-state index contributed by atoms with van der Waals surface area (Å²) in [6.45, 7) is 7.62. The highest BCUT2D eigenvalue weighted by Crippen LogP contribution is 2.39. The summed E-state index contributed by atoms with van der Waals surface area (Å²) in [7, 11) is 0. The fourth-order valence-electron chi connectivity index (χ4n) is 4.63. The third-order valence-corrected chi connectivity index (χ3v) is 7.63. The van der Waals surface area contributed by atoms with Gasteiger partial charge in [-0.05, 0) is 53.9 Å². The molecule has 2 aromatic heterocycles. The molecule has 0 bridgehead atoms. The molecule has 0 atom stereocenters. The van der Waals surface area contributed by atoms with E-state index in [-0.39, 0.29) is 5.56 Å². The molecule has 0 aliphatic rings. The number of hydrogen-bond acceptors (Lipinski definition) is 4. The molecule has 5 nitrogen and oxygen atoms in total. The summed E-state index contributed by atoms with van der Waals surface area (Å²) in [5, 5.41) is 11.3. The van der Waals surface area contributed by atoms with Crippen molar-refractivity contribution in [3.63, 3.8) is 0 Å². The maximum atomic E-state index is 14.3. The molecule has 188 valence electrons. The highest BCUT2D eigenvalue weighted by Gasteiger charge is 2.23. The fourth-order valence-corrected chi connectivity index (χ4v) is 5.94. The lowest BCUT2D eigenvalue weighted by Crippen LogP contribution is -2.24. The first-order chi connectivity index (χ1) is 18.0. The van der Waals surface area contributed by atoms with E-state index in [4.69, 9.17) is 11.6 Å². The Labute approximate surface area is 226 Å². The van der Waals surface area contributed by atoms with Gasteiger partial charge >= 0.3 is 0 Å². The number of benzene rings is 3. The molecule has 0 spiro atoms. The molecule has 0 saturated heterocycles. The van der Waals surface area contributed by atoms with Gasteiger partial charge in [-0.3, -0.25) is 4.79 Å². The Kier molecular flexibility index (Phi) is 7.49. The number of halogens is 1. The van der Waals surface area contributed by atoms with E-state index in [2.05, 4.69) is 35.5 Å². The van der Waals surface area contributed by atoms with Crippen LogP contribution in [0.15, 0.2) is 93.7 Å². The molecule has 0 radical (unpaired) electrons. The lowest BCUT2D eigenvalue weighted by Gasteiger charge is -2.18. The Morgan fingerprint density at radius 3 is 2.30 bits per heavy atom. The van der Waals surface area contributed by atoms with Gasteiger partial charge in [0.2, 0.25) is 0 Å². The van der Waals surface area contributed by atoms with Crippen LogP contribution in [0.1, 0.15) is 32.2 Å². The average Bonchev–Trinajstić information content (AvgIpc) is 3.28. The smallest absolute Gasteiger partial charge is 0.266 e. The Hall–Kier alpha value is -3.35.